The maximum absolute atomic E-state index is 12.6. The molecule has 0 aromatic carbocycles. The van der Waals surface area contributed by atoms with Gasteiger partial charge in [0, 0.05) is 23.3 Å². The van der Waals surface area contributed by atoms with E-state index in [1.807, 2.05) is 23.0 Å². The fourth-order valence-electron chi connectivity index (χ4n) is 3.50. The zero-order chi connectivity index (χ0) is 16.9. The fraction of sp³-hybridized carbons (Fsp3) is 0.556. The van der Waals surface area contributed by atoms with E-state index in [1.165, 1.54) is 19.3 Å². The van der Waals surface area contributed by atoms with Gasteiger partial charge in [-0.15, -0.1) is 5.10 Å². The topological polar surface area (TPSA) is 71.6 Å². The lowest BCUT2D eigenvalue weighted by Crippen LogP contribution is -2.20. The SMILES string of the molecule is C[C@H](C#N)n1cc([C@@H](CC(=O)c2ccsc2)C2CCCCC2)nn1. The van der Waals surface area contributed by atoms with Crippen LogP contribution in [0, 0.1) is 17.2 Å². The molecule has 2 heterocycles. The largest absolute Gasteiger partial charge is 0.294 e. The fourth-order valence-corrected chi connectivity index (χ4v) is 4.16. The van der Waals surface area contributed by atoms with Crippen LogP contribution in [0.1, 0.15) is 73.5 Å². The maximum Gasteiger partial charge on any atom is 0.164 e. The van der Waals surface area contributed by atoms with Crippen molar-refractivity contribution in [3.8, 4) is 6.07 Å². The van der Waals surface area contributed by atoms with Gasteiger partial charge < -0.3 is 0 Å². The molecule has 24 heavy (non-hydrogen) atoms. The highest BCUT2D eigenvalue weighted by Gasteiger charge is 2.30. The maximum atomic E-state index is 12.6. The van der Waals surface area contributed by atoms with Gasteiger partial charge >= 0.3 is 0 Å². The number of nitrogens with zero attached hydrogens (tertiary/aromatic N) is 4. The third kappa shape index (κ3) is 3.73. The van der Waals surface area contributed by atoms with Crippen LogP contribution in [0.2, 0.25) is 0 Å². The van der Waals surface area contributed by atoms with Crippen molar-refractivity contribution in [3.63, 3.8) is 0 Å². The monoisotopic (exact) mass is 342 g/mol. The van der Waals surface area contributed by atoms with Gasteiger partial charge in [0.25, 0.3) is 0 Å². The number of thiophene rings is 1. The summed E-state index contributed by atoms with van der Waals surface area (Å²) in [5.41, 5.74) is 1.64. The number of hydrogen-bond acceptors (Lipinski definition) is 5. The average Bonchev–Trinajstić information content (AvgIpc) is 3.31. The van der Waals surface area contributed by atoms with Gasteiger partial charge in [0.2, 0.25) is 0 Å². The minimum Gasteiger partial charge on any atom is -0.294 e. The van der Waals surface area contributed by atoms with Crippen LogP contribution in [-0.2, 0) is 0 Å². The molecule has 0 spiro atoms. The molecule has 2 aromatic rings. The van der Waals surface area contributed by atoms with Crippen molar-refractivity contribution in [2.75, 3.05) is 0 Å². The standard InChI is InChI=1S/C18H22N4OS/c1-13(10-19)22-11-17(20-21-22)16(14-5-3-2-4-6-14)9-18(23)15-7-8-24-12-15/h7-8,11-14,16H,2-6,9H2,1H3/t13-,16+/m1/s1. The summed E-state index contributed by atoms with van der Waals surface area (Å²) in [7, 11) is 0. The minimum atomic E-state index is -0.342. The zero-order valence-corrected chi connectivity index (χ0v) is 14.7. The van der Waals surface area contributed by atoms with Crippen LogP contribution in [0.4, 0.5) is 0 Å². The predicted octanol–water partition coefficient (Wildman–Crippen LogP) is 4.36. The second-order valence-corrected chi connectivity index (χ2v) is 7.35. The van der Waals surface area contributed by atoms with Crippen molar-refractivity contribution >= 4 is 17.1 Å². The van der Waals surface area contributed by atoms with Gasteiger partial charge in [-0.05, 0) is 37.1 Å². The van der Waals surface area contributed by atoms with Gasteiger partial charge in [0.05, 0.1) is 18.0 Å². The molecule has 1 aliphatic rings. The molecule has 0 saturated heterocycles. The molecule has 0 radical (unpaired) electrons. The first-order valence-electron chi connectivity index (χ1n) is 8.55. The molecular formula is C18H22N4OS. The molecule has 0 aliphatic heterocycles. The lowest BCUT2D eigenvalue weighted by Gasteiger charge is -2.28. The summed E-state index contributed by atoms with van der Waals surface area (Å²) >= 11 is 1.55. The van der Waals surface area contributed by atoms with E-state index in [0.717, 1.165) is 24.1 Å². The average molecular weight is 342 g/mol. The van der Waals surface area contributed by atoms with E-state index in [0.29, 0.717) is 12.3 Å². The molecule has 126 valence electrons. The molecule has 0 unspecified atom stereocenters. The van der Waals surface area contributed by atoms with Crippen LogP contribution >= 0.6 is 11.3 Å². The molecule has 0 N–H and O–H groups in total. The molecule has 5 nitrogen and oxygen atoms in total. The Morgan fingerprint density at radius 2 is 2.25 bits per heavy atom. The lowest BCUT2D eigenvalue weighted by molar-refractivity contribution is 0.0957. The molecule has 2 aromatic heterocycles. The molecule has 0 amide bonds. The molecule has 1 fully saturated rings. The van der Waals surface area contributed by atoms with Crippen LogP contribution < -0.4 is 0 Å². The number of rotatable bonds is 6. The van der Waals surface area contributed by atoms with Crippen molar-refractivity contribution in [2.45, 2.75) is 57.4 Å². The van der Waals surface area contributed by atoms with E-state index in [2.05, 4.69) is 16.4 Å². The Bertz CT molecular complexity index is 710. The smallest absolute Gasteiger partial charge is 0.164 e. The first-order valence-corrected chi connectivity index (χ1v) is 9.50. The molecule has 1 saturated carbocycles. The van der Waals surface area contributed by atoms with Gasteiger partial charge in [-0.1, -0.05) is 24.5 Å². The first kappa shape index (κ1) is 16.8. The van der Waals surface area contributed by atoms with Gasteiger partial charge in [-0.3, -0.25) is 4.79 Å². The number of hydrogen-bond donors (Lipinski definition) is 0. The predicted molar refractivity (Wildman–Crippen MR) is 92.9 cm³/mol. The van der Waals surface area contributed by atoms with E-state index in [1.54, 1.807) is 22.9 Å². The molecule has 0 bridgehead atoms. The quantitative estimate of drug-likeness (QED) is 0.731. The second-order valence-electron chi connectivity index (χ2n) is 6.57. The number of carbonyl (C=O) groups excluding carboxylic acids is 1. The van der Waals surface area contributed by atoms with Gasteiger partial charge in [-0.25, -0.2) is 4.68 Å². The van der Waals surface area contributed by atoms with Gasteiger partial charge in [0.1, 0.15) is 6.04 Å². The highest BCUT2D eigenvalue weighted by molar-refractivity contribution is 7.08. The molecule has 2 atom stereocenters. The number of nitriles is 1. The number of carbonyl (C=O) groups is 1. The summed E-state index contributed by atoms with van der Waals surface area (Å²) in [6.07, 6.45) is 8.33. The Morgan fingerprint density at radius 1 is 1.46 bits per heavy atom. The number of Topliss-reactive ketones (excluding diaryl/α,β-unsaturated/α-hetero) is 1. The van der Waals surface area contributed by atoms with Crippen molar-refractivity contribution in [2.24, 2.45) is 5.92 Å². The Kier molecular flexibility index (Phi) is 5.41. The molecule has 1 aliphatic carbocycles. The summed E-state index contributed by atoms with van der Waals surface area (Å²) in [5, 5.41) is 21.3. The molecular weight excluding hydrogens is 320 g/mol. The lowest BCUT2D eigenvalue weighted by atomic mass is 9.76. The number of ketones is 1. The van der Waals surface area contributed by atoms with Gasteiger partial charge in [0.15, 0.2) is 5.78 Å². The van der Waals surface area contributed by atoms with Crippen molar-refractivity contribution < 1.29 is 4.79 Å². The van der Waals surface area contributed by atoms with Crippen molar-refractivity contribution in [1.82, 2.24) is 15.0 Å². The van der Waals surface area contributed by atoms with Crippen molar-refractivity contribution in [3.05, 3.63) is 34.3 Å². The van der Waals surface area contributed by atoms with E-state index >= 15 is 0 Å². The highest BCUT2D eigenvalue weighted by Crippen LogP contribution is 2.38. The van der Waals surface area contributed by atoms with E-state index < -0.39 is 0 Å². The first-order chi connectivity index (χ1) is 11.7. The summed E-state index contributed by atoms with van der Waals surface area (Å²) in [5.74, 6) is 0.746. The third-order valence-corrected chi connectivity index (χ3v) is 5.64. The normalized spacial score (nSPS) is 18.0. The van der Waals surface area contributed by atoms with Gasteiger partial charge in [-0.2, -0.15) is 16.6 Å². The Morgan fingerprint density at radius 3 is 2.92 bits per heavy atom. The Labute approximate surface area is 146 Å². The van der Waals surface area contributed by atoms with E-state index in [9.17, 15) is 4.79 Å². The number of aromatic nitrogens is 3. The summed E-state index contributed by atoms with van der Waals surface area (Å²) in [6.45, 7) is 1.80. The van der Waals surface area contributed by atoms with E-state index in [4.69, 9.17) is 5.26 Å². The second kappa shape index (κ2) is 7.71. The van der Waals surface area contributed by atoms with Crippen LogP contribution in [-0.4, -0.2) is 20.8 Å². The van der Waals surface area contributed by atoms with Crippen LogP contribution in [0.15, 0.2) is 23.0 Å². The third-order valence-electron chi connectivity index (χ3n) is 4.96. The van der Waals surface area contributed by atoms with Crippen molar-refractivity contribution in [1.29, 1.82) is 5.26 Å². The summed E-state index contributed by atoms with van der Waals surface area (Å²) < 4.78 is 1.60. The highest BCUT2D eigenvalue weighted by atomic mass is 32.1. The van der Waals surface area contributed by atoms with E-state index in [-0.39, 0.29) is 17.7 Å². The molecule has 6 heteroatoms. The Hall–Kier alpha value is -2.00. The summed E-state index contributed by atoms with van der Waals surface area (Å²) in [6, 6.07) is 3.72. The minimum absolute atomic E-state index is 0.0948. The Balaban J connectivity index is 1.83. The van der Waals surface area contributed by atoms with Crippen LogP contribution in [0.3, 0.4) is 0 Å². The molecule has 3 rings (SSSR count). The van der Waals surface area contributed by atoms with Crippen LogP contribution in [0.25, 0.3) is 0 Å². The summed E-state index contributed by atoms with van der Waals surface area (Å²) in [4.78, 5) is 12.6. The van der Waals surface area contributed by atoms with Crippen LogP contribution in [0.5, 0.6) is 0 Å². The zero-order valence-electron chi connectivity index (χ0n) is 13.9.